The van der Waals surface area contributed by atoms with E-state index in [4.69, 9.17) is 14.9 Å². The number of urea groups is 1. The number of benzene rings is 1. The smallest absolute Gasteiger partial charge is 0.332 e. The van der Waals surface area contributed by atoms with Gasteiger partial charge >= 0.3 is 12.0 Å². The second-order valence-corrected chi connectivity index (χ2v) is 3.75. The van der Waals surface area contributed by atoms with Crippen molar-refractivity contribution in [2.24, 2.45) is 0 Å². The van der Waals surface area contributed by atoms with Crippen molar-refractivity contribution in [3.8, 4) is 5.75 Å². The molecule has 0 spiro atoms. The van der Waals surface area contributed by atoms with Crippen molar-refractivity contribution >= 4 is 17.7 Å². The van der Waals surface area contributed by atoms with Crippen LogP contribution in [0.1, 0.15) is 6.42 Å². The number of hydrogen-bond acceptors (Lipinski definition) is 4. The number of aliphatic hydroxyl groups is 1. The lowest BCUT2D eigenvalue weighted by atomic mass is 10.2. The number of carbonyl (C=O) groups excluding carboxylic acids is 1. The number of carboxylic acid groups (broad SMARTS) is 1. The second kappa shape index (κ2) is 7.22. The first-order valence-electron chi connectivity index (χ1n) is 5.62. The van der Waals surface area contributed by atoms with Crippen molar-refractivity contribution in [1.82, 2.24) is 5.32 Å². The summed E-state index contributed by atoms with van der Waals surface area (Å²) in [5, 5.41) is 22.4. The van der Waals surface area contributed by atoms with E-state index in [1.165, 1.54) is 0 Å². The molecular weight excluding hydrogens is 252 g/mol. The van der Waals surface area contributed by atoms with Crippen molar-refractivity contribution in [2.75, 3.05) is 19.0 Å². The molecular formula is C12H16N2O5. The molecule has 1 aromatic rings. The molecule has 0 bridgehead atoms. The average molecular weight is 268 g/mol. The van der Waals surface area contributed by atoms with Crippen LogP contribution in [0.15, 0.2) is 24.3 Å². The summed E-state index contributed by atoms with van der Waals surface area (Å²) in [7, 11) is 1.54. The van der Waals surface area contributed by atoms with Crippen molar-refractivity contribution in [2.45, 2.75) is 12.5 Å². The Bertz CT molecular complexity index is 432. The summed E-state index contributed by atoms with van der Waals surface area (Å²) in [6.07, 6.45) is -1.52. The van der Waals surface area contributed by atoms with Gasteiger partial charge in [0, 0.05) is 18.7 Å². The number of carboxylic acids is 1. The summed E-state index contributed by atoms with van der Waals surface area (Å²) >= 11 is 0. The average Bonchev–Trinajstić information content (AvgIpc) is 2.39. The Labute approximate surface area is 110 Å². The molecule has 7 nitrogen and oxygen atoms in total. The van der Waals surface area contributed by atoms with Gasteiger partial charge in [0.2, 0.25) is 0 Å². The molecule has 1 rings (SSSR count). The fraction of sp³-hybridized carbons (Fsp3) is 0.333. The number of hydrogen-bond donors (Lipinski definition) is 4. The zero-order chi connectivity index (χ0) is 14.3. The zero-order valence-electron chi connectivity index (χ0n) is 10.4. The van der Waals surface area contributed by atoms with Gasteiger partial charge in [-0.1, -0.05) is 0 Å². The van der Waals surface area contributed by atoms with E-state index in [0.29, 0.717) is 11.4 Å². The fourth-order valence-corrected chi connectivity index (χ4v) is 1.30. The molecule has 0 saturated carbocycles. The number of aliphatic carboxylic acids is 1. The molecule has 0 aliphatic heterocycles. The largest absolute Gasteiger partial charge is 0.497 e. The molecule has 4 N–H and O–H groups in total. The molecule has 0 aliphatic rings. The quantitative estimate of drug-likeness (QED) is 0.606. The van der Waals surface area contributed by atoms with Crippen LogP contribution in [0.3, 0.4) is 0 Å². The Hall–Kier alpha value is -2.28. The maximum absolute atomic E-state index is 11.4. The number of ether oxygens (including phenoxy) is 1. The van der Waals surface area contributed by atoms with Crippen LogP contribution >= 0.6 is 0 Å². The van der Waals surface area contributed by atoms with Gasteiger partial charge in [-0.15, -0.1) is 0 Å². The van der Waals surface area contributed by atoms with Crippen molar-refractivity contribution in [3.63, 3.8) is 0 Å². The van der Waals surface area contributed by atoms with E-state index in [9.17, 15) is 9.59 Å². The van der Waals surface area contributed by atoms with E-state index in [1.54, 1.807) is 31.4 Å². The van der Waals surface area contributed by atoms with Gasteiger partial charge in [0.05, 0.1) is 7.11 Å². The summed E-state index contributed by atoms with van der Waals surface area (Å²) in [5.74, 6) is -0.632. The van der Waals surface area contributed by atoms with E-state index in [2.05, 4.69) is 10.6 Å². The summed E-state index contributed by atoms with van der Waals surface area (Å²) in [5.41, 5.74) is 0.581. The van der Waals surface area contributed by atoms with Crippen LogP contribution in [0, 0.1) is 0 Å². The third kappa shape index (κ3) is 5.26. The minimum absolute atomic E-state index is 0.0502. The monoisotopic (exact) mass is 268 g/mol. The van der Waals surface area contributed by atoms with Crippen LogP contribution in [0.2, 0.25) is 0 Å². The van der Waals surface area contributed by atoms with Crippen LogP contribution in [-0.4, -0.2) is 42.0 Å². The molecule has 0 saturated heterocycles. The summed E-state index contributed by atoms with van der Waals surface area (Å²) in [6, 6.07) is 6.27. The Kier molecular flexibility index (Phi) is 5.62. The van der Waals surface area contributed by atoms with Crippen LogP contribution in [0.25, 0.3) is 0 Å². The Morgan fingerprint density at radius 2 is 1.95 bits per heavy atom. The molecule has 0 fully saturated rings. The topological polar surface area (TPSA) is 108 Å². The van der Waals surface area contributed by atoms with E-state index < -0.39 is 18.1 Å². The first kappa shape index (κ1) is 14.8. The molecule has 0 unspecified atom stereocenters. The first-order valence-corrected chi connectivity index (χ1v) is 5.62. The minimum atomic E-state index is -1.47. The highest BCUT2D eigenvalue weighted by Gasteiger charge is 2.12. The van der Waals surface area contributed by atoms with E-state index in [0.717, 1.165) is 0 Å². The number of nitrogens with one attached hydrogen (secondary N) is 2. The zero-order valence-corrected chi connectivity index (χ0v) is 10.4. The molecule has 0 aliphatic carbocycles. The highest BCUT2D eigenvalue weighted by Crippen LogP contribution is 2.14. The Morgan fingerprint density at radius 3 is 2.47 bits per heavy atom. The number of carbonyl (C=O) groups is 2. The summed E-state index contributed by atoms with van der Waals surface area (Å²) in [4.78, 5) is 21.8. The third-order valence-corrected chi connectivity index (χ3v) is 2.34. The number of aliphatic hydroxyl groups excluding tert-OH is 1. The van der Waals surface area contributed by atoms with Crippen molar-refractivity contribution < 1.29 is 24.5 Å². The lowest BCUT2D eigenvalue weighted by Crippen LogP contribution is -2.33. The first-order chi connectivity index (χ1) is 9.02. The molecule has 0 heterocycles. The maximum atomic E-state index is 11.4. The Balaban J connectivity index is 2.32. The van der Waals surface area contributed by atoms with Crippen LogP contribution in [0.4, 0.5) is 10.5 Å². The lowest BCUT2D eigenvalue weighted by Gasteiger charge is -2.09. The number of anilines is 1. The predicted octanol–water partition coefficient (Wildman–Crippen LogP) is 0.652. The fourth-order valence-electron chi connectivity index (χ4n) is 1.30. The summed E-state index contributed by atoms with van der Waals surface area (Å²) in [6.45, 7) is 0.0649. The van der Waals surface area contributed by atoms with Gasteiger partial charge in [0.15, 0.2) is 6.10 Å². The Morgan fingerprint density at radius 1 is 1.32 bits per heavy atom. The number of rotatable bonds is 6. The second-order valence-electron chi connectivity index (χ2n) is 3.75. The summed E-state index contributed by atoms with van der Waals surface area (Å²) < 4.78 is 4.98. The van der Waals surface area contributed by atoms with Gasteiger partial charge in [0.1, 0.15) is 5.75 Å². The lowest BCUT2D eigenvalue weighted by molar-refractivity contribution is -0.146. The molecule has 7 heteroatoms. The van der Waals surface area contributed by atoms with Crippen molar-refractivity contribution in [3.05, 3.63) is 24.3 Å². The SMILES string of the molecule is COc1ccc(NC(=O)NCC[C@H](O)C(=O)O)cc1. The van der Waals surface area contributed by atoms with Crippen LogP contribution in [0.5, 0.6) is 5.75 Å². The van der Waals surface area contributed by atoms with Gasteiger partial charge in [-0.25, -0.2) is 9.59 Å². The molecule has 19 heavy (non-hydrogen) atoms. The van der Waals surface area contributed by atoms with Gasteiger partial charge in [0.25, 0.3) is 0 Å². The number of methoxy groups -OCH3 is 1. The molecule has 1 aromatic carbocycles. The van der Waals surface area contributed by atoms with Crippen molar-refractivity contribution in [1.29, 1.82) is 0 Å². The third-order valence-electron chi connectivity index (χ3n) is 2.34. The standard InChI is InChI=1S/C12H16N2O5/c1-19-9-4-2-8(3-5-9)14-12(18)13-7-6-10(15)11(16)17/h2-5,10,15H,6-7H2,1H3,(H,16,17)(H2,13,14,18)/t10-/m0/s1. The molecule has 0 radical (unpaired) electrons. The van der Waals surface area contributed by atoms with Crippen LogP contribution < -0.4 is 15.4 Å². The van der Waals surface area contributed by atoms with Gasteiger partial charge in [-0.3, -0.25) is 0 Å². The molecule has 2 amide bonds. The molecule has 1 atom stereocenters. The molecule has 0 aromatic heterocycles. The van der Waals surface area contributed by atoms with E-state index in [1.807, 2.05) is 0 Å². The predicted molar refractivity (Wildman–Crippen MR) is 68.3 cm³/mol. The van der Waals surface area contributed by atoms with Crippen LogP contribution in [-0.2, 0) is 4.79 Å². The minimum Gasteiger partial charge on any atom is -0.497 e. The highest BCUT2D eigenvalue weighted by atomic mass is 16.5. The highest BCUT2D eigenvalue weighted by molar-refractivity contribution is 5.89. The normalized spacial score (nSPS) is 11.5. The van der Waals surface area contributed by atoms with Gasteiger partial charge in [-0.2, -0.15) is 0 Å². The van der Waals surface area contributed by atoms with E-state index >= 15 is 0 Å². The number of amides is 2. The molecule has 104 valence electrons. The maximum Gasteiger partial charge on any atom is 0.332 e. The van der Waals surface area contributed by atoms with Gasteiger partial charge in [-0.05, 0) is 24.3 Å². The van der Waals surface area contributed by atoms with E-state index in [-0.39, 0.29) is 13.0 Å². The van der Waals surface area contributed by atoms with Gasteiger partial charge < -0.3 is 25.6 Å².